The summed E-state index contributed by atoms with van der Waals surface area (Å²) in [6.45, 7) is 1.53. The molecule has 162 valence electrons. The summed E-state index contributed by atoms with van der Waals surface area (Å²) in [5.74, 6) is -2.02. The molecule has 2 aliphatic heterocycles. The lowest BCUT2D eigenvalue weighted by molar-refractivity contribution is -0.124. The quantitative estimate of drug-likeness (QED) is 0.537. The predicted octanol–water partition coefficient (Wildman–Crippen LogP) is 2.44. The van der Waals surface area contributed by atoms with Crippen LogP contribution >= 0.6 is 11.8 Å². The molecule has 0 spiro atoms. The molecule has 2 aromatic rings. The van der Waals surface area contributed by atoms with Gasteiger partial charge in [0, 0.05) is 13.1 Å². The van der Waals surface area contributed by atoms with Crippen molar-refractivity contribution >= 4 is 46.7 Å². The second-order valence-corrected chi connectivity index (χ2v) is 8.33. The molecule has 9 heteroatoms. The van der Waals surface area contributed by atoms with Crippen LogP contribution in [-0.4, -0.2) is 58.3 Å². The molecule has 4 rings (SSSR count). The van der Waals surface area contributed by atoms with Crippen LogP contribution in [0.1, 0.15) is 31.8 Å². The standard InChI is InChI=1S/C23H19N3O5S/c1-14-6-8-15(9-7-14)12-18-22(30)25(23(31)32-18)11-10-24-19(27)13-26-20(28)16-4-2-3-5-17(16)21(26)29/h2-9,12H,10-11,13H2,1H3,(H,24,27). The van der Waals surface area contributed by atoms with E-state index in [0.29, 0.717) is 4.91 Å². The molecule has 2 aliphatic rings. The van der Waals surface area contributed by atoms with Gasteiger partial charge in [-0.15, -0.1) is 0 Å². The number of nitrogens with one attached hydrogen (secondary N) is 1. The first-order chi connectivity index (χ1) is 15.3. The lowest BCUT2D eigenvalue weighted by atomic mass is 10.1. The molecule has 32 heavy (non-hydrogen) atoms. The highest BCUT2D eigenvalue weighted by atomic mass is 32.2. The van der Waals surface area contributed by atoms with Crippen molar-refractivity contribution in [3.8, 4) is 0 Å². The Labute approximate surface area is 188 Å². The molecule has 1 saturated heterocycles. The molecular formula is C23H19N3O5S. The van der Waals surface area contributed by atoms with Crippen LogP contribution in [0.15, 0.2) is 53.4 Å². The molecule has 8 nitrogen and oxygen atoms in total. The number of imide groups is 2. The number of hydrogen-bond donors (Lipinski definition) is 1. The van der Waals surface area contributed by atoms with Crippen molar-refractivity contribution in [3.05, 3.63) is 75.7 Å². The van der Waals surface area contributed by atoms with Gasteiger partial charge in [-0.25, -0.2) is 0 Å². The minimum atomic E-state index is -0.554. The summed E-state index contributed by atoms with van der Waals surface area (Å²) in [7, 11) is 0. The third kappa shape index (κ3) is 4.19. The highest BCUT2D eigenvalue weighted by Gasteiger charge is 2.37. The highest BCUT2D eigenvalue weighted by Crippen LogP contribution is 2.32. The highest BCUT2D eigenvalue weighted by molar-refractivity contribution is 8.18. The van der Waals surface area contributed by atoms with E-state index in [2.05, 4.69) is 5.32 Å². The summed E-state index contributed by atoms with van der Waals surface area (Å²) in [5, 5.41) is 2.14. The van der Waals surface area contributed by atoms with E-state index in [1.54, 1.807) is 18.2 Å². The number of nitrogens with zero attached hydrogens (tertiary/aromatic N) is 2. The fourth-order valence-electron chi connectivity index (χ4n) is 3.40. The van der Waals surface area contributed by atoms with E-state index in [1.807, 2.05) is 31.2 Å². The van der Waals surface area contributed by atoms with Gasteiger partial charge in [-0.1, -0.05) is 42.0 Å². The minimum Gasteiger partial charge on any atom is -0.353 e. The molecule has 1 N–H and O–H groups in total. The van der Waals surface area contributed by atoms with Crippen molar-refractivity contribution in [2.75, 3.05) is 19.6 Å². The van der Waals surface area contributed by atoms with Gasteiger partial charge >= 0.3 is 0 Å². The van der Waals surface area contributed by atoms with E-state index < -0.39 is 35.4 Å². The van der Waals surface area contributed by atoms with Crippen LogP contribution in [0.25, 0.3) is 6.08 Å². The van der Waals surface area contributed by atoms with Crippen LogP contribution < -0.4 is 5.32 Å². The number of thioether (sulfide) groups is 1. The van der Waals surface area contributed by atoms with E-state index in [4.69, 9.17) is 0 Å². The van der Waals surface area contributed by atoms with E-state index in [1.165, 1.54) is 12.1 Å². The van der Waals surface area contributed by atoms with Gasteiger partial charge in [-0.3, -0.25) is 33.8 Å². The Morgan fingerprint density at radius 3 is 2.16 bits per heavy atom. The van der Waals surface area contributed by atoms with Crippen LogP contribution in [0.4, 0.5) is 4.79 Å². The first-order valence-corrected chi connectivity index (χ1v) is 10.7. The number of fused-ring (bicyclic) bond motifs is 1. The number of hydrogen-bond acceptors (Lipinski definition) is 6. The van der Waals surface area contributed by atoms with Gasteiger partial charge in [0.05, 0.1) is 16.0 Å². The van der Waals surface area contributed by atoms with Crippen LogP contribution in [0.2, 0.25) is 0 Å². The number of carbonyl (C=O) groups is 5. The molecule has 5 amide bonds. The van der Waals surface area contributed by atoms with Gasteiger partial charge in [0.25, 0.3) is 23.0 Å². The fraction of sp³-hybridized carbons (Fsp3) is 0.174. The number of benzene rings is 2. The molecule has 0 bridgehead atoms. The van der Waals surface area contributed by atoms with Crippen molar-refractivity contribution in [1.29, 1.82) is 0 Å². The molecule has 0 saturated carbocycles. The van der Waals surface area contributed by atoms with Gasteiger partial charge < -0.3 is 5.32 Å². The molecule has 0 radical (unpaired) electrons. The number of amides is 5. The number of aryl methyl sites for hydroxylation is 1. The van der Waals surface area contributed by atoms with Gasteiger partial charge in [0.2, 0.25) is 5.91 Å². The average Bonchev–Trinajstić information content (AvgIpc) is 3.18. The SMILES string of the molecule is Cc1ccc(C=C2SC(=O)N(CCNC(=O)CN3C(=O)c4ccccc4C3=O)C2=O)cc1. The lowest BCUT2D eigenvalue weighted by Gasteiger charge is -2.15. The Bertz CT molecular complexity index is 1140. The maximum absolute atomic E-state index is 12.6. The molecule has 2 heterocycles. The average molecular weight is 449 g/mol. The second-order valence-electron chi connectivity index (χ2n) is 7.34. The zero-order chi connectivity index (χ0) is 22.8. The van der Waals surface area contributed by atoms with E-state index in [0.717, 1.165) is 32.7 Å². The molecule has 0 aliphatic carbocycles. The Morgan fingerprint density at radius 1 is 0.906 bits per heavy atom. The van der Waals surface area contributed by atoms with Crippen molar-refractivity contribution in [2.45, 2.75) is 6.92 Å². The van der Waals surface area contributed by atoms with Gasteiger partial charge in [-0.2, -0.15) is 0 Å². The molecular weight excluding hydrogens is 430 g/mol. The predicted molar refractivity (Wildman–Crippen MR) is 119 cm³/mol. The Balaban J connectivity index is 1.31. The topological polar surface area (TPSA) is 104 Å². The first kappa shape index (κ1) is 21.5. The maximum atomic E-state index is 12.6. The first-order valence-electron chi connectivity index (χ1n) is 9.89. The van der Waals surface area contributed by atoms with Crippen LogP contribution in [0.3, 0.4) is 0 Å². The monoisotopic (exact) mass is 449 g/mol. The lowest BCUT2D eigenvalue weighted by Crippen LogP contribution is -2.43. The third-order valence-corrected chi connectivity index (χ3v) is 5.99. The van der Waals surface area contributed by atoms with Crippen molar-refractivity contribution < 1.29 is 24.0 Å². The summed E-state index contributed by atoms with van der Waals surface area (Å²) in [6.07, 6.45) is 1.66. The zero-order valence-corrected chi connectivity index (χ0v) is 18.0. The Hall–Kier alpha value is -3.72. The fourth-order valence-corrected chi connectivity index (χ4v) is 4.26. The summed E-state index contributed by atoms with van der Waals surface area (Å²) in [6, 6.07) is 13.9. The molecule has 1 fully saturated rings. The maximum Gasteiger partial charge on any atom is 0.293 e. The smallest absolute Gasteiger partial charge is 0.293 e. The Morgan fingerprint density at radius 2 is 1.53 bits per heavy atom. The summed E-state index contributed by atoms with van der Waals surface area (Å²) >= 11 is 0.848. The van der Waals surface area contributed by atoms with Gasteiger partial charge in [0.1, 0.15) is 6.54 Å². The summed E-state index contributed by atoms with van der Waals surface area (Å²) < 4.78 is 0. The van der Waals surface area contributed by atoms with E-state index in [9.17, 15) is 24.0 Å². The molecule has 0 unspecified atom stereocenters. The van der Waals surface area contributed by atoms with Crippen molar-refractivity contribution in [1.82, 2.24) is 15.1 Å². The van der Waals surface area contributed by atoms with Gasteiger partial charge in [-0.05, 0) is 42.5 Å². The van der Waals surface area contributed by atoms with Crippen molar-refractivity contribution in [2.24, 2.45) is 0 Å². The molecule has 0 aromatic heterocycles. The van der Waals surface area contributed by atoms with E-state index >= 15 is 0 Å². The minimum absolute atomic E-state index is 0.0102. The van der Waals surface area contributed by atoms with E-state index in [-0.39, 0.29) is 24.2 Å². The van der Waals surface area contributed by atoms with Crippen LogP contribution in [-0.2, 0) is 9.59 Å². The van der Waals surface area contributed by atoms with Gasteiger partial charge in [0.15, 0.2) is 0 Å². The number of rotatable bonds is 6. The van der Waals surface area contributed by atoms with Crippen LogP contribution in [0, 0.1) is 6.92 Å². The Kier molecular flexibility index (Phi) is 5.91. The van der Waals surface area contributed by atoms with Crippen molar-refractivity contribution in [3.63, 3.8) is 0 Å². The second kappa shape index (κ2) is 8.80. The largest absolute Gasteiger partial charge is 0.353 e. The molecule has 0 atom stereocenters. The number of carbonyl (C=O) groups excluding carboxylic acids is 5. The summed E-state index contributed by atoms with van der Waals surface area (Å²) in [4.78, 5) is 64.0. The molecule has 2 aromatic carbocycles. The summed E-state index contributed by atoms with van der Waals surface area (Å²) in [5.41, 5.74) is 2.44. The third-order valence-electron chi connectivity index (χ3n) is 5.09. The van der Waals surface area contributed by atoms with Crippen LogP contribution in [0.5, 0.6) is 0 Å². The normalized spacial score (nSPS) is 16.8. The zero-order valence-electron chi connectivity index (χ0n) is 17.2.